The molecule has 1 aliphatic heterocycles. The number of ether oxygens (including phenoxy) is 2. The zero-order valence-electron chi connectivity index (χ0n) is 14.4. The van der Waals surface area contributed by atoms with Gasteiger partial charge in [-0.1, -0.05) is 6.07 Å². The lowest BCUT2D eigenvalue weighted by atomic mass is 10.1. The predicted molar refractivity (Wildman–Crippen MR) is 90.9 cm³/mol. The number of nitrogens with two attached hydrogens (primary N) is 1. The second-order valence-electron chi connectivity index (χ2n) is 5.94. The fraction of sp³-hybridized carbons (Fsp3) is 0.529. The molecule has 0 bridgehead atoms. The summed E-state index contributed by atoms with van der Waals surface area (Å²) in [6, 6.07) is 4.28. The van der Waals surface area contributed by atoms with Crippen LogP contribution in [0.3, 0.4) is 0 Å². The molecule has 0 aliphatic carbocycles. The number of nitrogens with one attached hydrogen (secondary N) is 1. The number of aryl methyl sites for hydroxylation is 1. The maximum atomic E-state index is 12.7. The Morgan fingerprint density at radius 1 is 1.42 bits per heavy atom. The van der Waals surface area contributed by atoms with Crippen LogP contribution in [0.2, 0.25) is 0 Å². The Balaban J connectivity index is 2.11. The molecule has 0 saturated carbocycles. The Labute approximate surface area is 142 Å². The first-order valence-corrected chi connectivity index (χ1v) is 7.98. The van der Waals surface area contributed by atoms with E-state index in [2.05, 4.69) is 5.32 Å². The first kappa shape index (κ1) is 18.2. The SMILES string of the molecule is COCC(N)C(=O)N1CCCC1C(=O)Nc1cc(C)ccc1OC. The molecule has 0 radical (unpaired) electrons. The van der Waals surface area contributed by atoms with E-state index in [1.165, 1.54) is 7.11 Å². The van der Waals surface area contributed by atoms with E-state index in [1.54, 1.807) is 18.1 Å². The molecule has 2 amide bonds. The lowest BCUT2D eigenvalue weighted by Gasteiger charge is -2.26. The van der Waals surface area contributed by atoms with Crippen LogP contribution in [-0.2, 0) is 14.3 Å². The molecule has 2 unspecified atom stereocenters. The summed E-state index contributed by atoms with van der Waals surface area (Å²) in [5, 5.41) is 2.87. The first-order chi connectivity index (χ1) is 11.5. The van der Waals surface area contributed by atoms with Crippen LogP contribution in [0.5, 0.6) is 5.75 Å². The van der Waals surface area contributed by atoms with Crippen molar-refractivity contribution in [1.82, 2.24) is 4.90 Å². The molecular formula is C17H25N3O4. The molecule has 132 valence electrons. The number of methoxy groups -OCH3 is 2. The topological polar surface area (TPSA) is 93.9 Å². The quantitative estimate of drug-likeness (QED) is 0.806. The summed E-state index contributed by atoms with van der Waals surface area (Å²) in [6.07, 6.45) is 1.39. The average Bonchev–Trinajstić information content (AvgIpc) is 3.04. The monoisotopic (exact) mass is 335 g/mol. The molecule has 24 heavy (non-hydrogen) atoms. The van der Waals surface area contributed by atoms with Gasteiger partial charge >= 0.3 is 0 Å². The third kappa shape index (κ3) is 4.04. The van der Waals surface area contributed by atoms with Gasteiger partial charge in [0.15, 0.2) is 0 Å². The van der Waals surface area contributed by atoms with Gasteiger partial charge in [0.25, 0.3) is 0 Å². The Morgan fingerprint density at radius 3 is 2.83 bits per heavy atom. The number of anilines is 1. The third-order valence-electron chi connectivity index (χ3n) is 4.11. The predicted octanol–water partition coefficient (Wildman–Crippen LogP) is 0.907. The van der Waals surface area contributed by atoms with Crippen LogP contribution in [-0.4, -0.2) is 56.2 Å². The van der Waals surface area contributed by atoms with Crippen molar-refractivity contribution in [1.29, 1.82) is 0 Å². The first-order valence-electron chi connectivity index (χ1n) is 7.98. The van der Waals surface area contributed by atoms with Gasteiger partial charge in [0.1, 0.15) is 17.8 Å². The molecular weight excluding hydrogens is 310 g/mol. The molecule has 1 heterocycles. The van der Waals surface area contributed by atoms with E-state index < -0.39 is 12.1 Å². The second-order valence-corrected chi connectivity index (χ2v) is 5.94. The lowest BCUT2D eigenvalue weighted by molar-refractivity contribution is -0.138. The van der Waals surface area contributed by atoms with Gasteiger partial charge in [-0.25, -0.2) is 0 Å². The lowest BCUT2D eigenvalue weighted by Crippen LogP contribution is -2.51. The number of nitrogens with zero attached hydrogens (tertiary/aromatic N) is 1. The highest BCUT2D eigenvalue weighted by Gasteiger charge is 2.36. The summed E-state index contributed by atoms with van der Waals surface area (Å²) < 4.78 is 10.2. The zero-order valence-corrected chi connectivity index (χ0v) is 14.4. The van der Waals surface area contributed by atoms with Crippen molar-refractivity contribution in [2.45, 2.75) is 31.8 Å². The van der Waals surface area contributed by atoms with Gasteiger partial charge in [0.05, 0.1) is 19.4 Å². The molecule has 7 heteroatoms. The standard InChI is InChI=1S/C17H25N3O4/c1-11-6-7-15(24-3)13(9-11)19-16(21)14-5-4-8-20(14)17(22)12(18)10-23-2/h6-7,9,12,14H,4-5,8,10,18H2,1-3H3,(H,19,21). The van der Waals surface area contributed by atoms with Gasteiger partial charge in [0, 0.05) is 13.7 Å². The number of hydrogen-bond acceptors (Lipinski definition) is 5. The van der Waals surface area contributed by atoms with Crippen LogP contribution in [0.1, 0.15) is 18.4 Å². The molecule has 0 aromatic heterocycles. The molecule has 1 fully saturated rings. The van der Waals surface area contributed by atoms with Gasteiger partial charge in [-0.15, -0.1) is 0 Å². The van der Waals surface area contributed by atoms with E-state index >= 15 is 0 Å². The minimum absolute atomic E-state index is 0.134. The number of benzene rings is 1. The summed E-state index contributed by atoms with van der Waals surface area (Å²) >= 11 is 0. The van der Waals surface area contributed by atoms with Crippen molar-refractivity contribution in [3.8, 4) is 5.75 Å². The minimum Gasteiger partial charge on any atom is -0.495 e. The number of carbonyl (C=O) groups excluding carboxylic acids is 2. The fourth-order valence-corrected chi connectivity index (χ4v) is 2.90. The highest BCUT2D eigenvalue weighted by atomic mass is 16.5. The highest BCUT2D eigenvalue weighted by Crippen LogP contribution is 2.27. The van der Waals surface area contributed by atoms with Crippen molar-refractivity contribution >= 4 is 17.5 Å². The van der Waals surface area contributed by atoms with Crippen LogP contribution in [0.4, 0.5) is 5.69 Å². The summed E-state index contributed by atoms with van der Waals surface area (Å²) in [7, 11) is 3.04. The average molecular weight is 335 g/mol. The van der Waals surface area contributed by atoms with E-state index in [0.717, 1.165) is 12.0 Å². The summed E-state index contributed by atoms with van der Waals surface area (Å²) in [6.45, 7) is 2.60. The fourth-order valence-electron chi connectivity index (χ4n) is 2.90. The van der Waals surface area contributed by atoms with Crippen molar-refractivity contribution in [3.05, 3.63) is 23.8 Å². The number of carbonyl (C=O) groups is 2. The van der Waals surface area contributed by atoms with E-state index in [0.29, 0.717) is 24.4 Å². The summed E-state index contributed by atoms with van der Waals surface area (Å²) in [4.78, 5) is 26.6. The van der Waals surface area contributed by atoms with Crippen LogP contribution in [0.15, 0.2) is 18.2 Å². The van der Waals surface area contributed by atoms with Gasteiger partial charge in [-0.05, 0) is 37.5 Å². The van der Waals surface area contributed by atoms with E-state index in [4.69, 9.17) is 15.2 Å². The Hall–Kier alpha value is -2.12. The minimum atomic E-state index is -0.753. The largest absolute Gasteiger partial charge is 0.495 e. The molecule has 1 aliphatic rings. The van der Waals surface area contributed by atoms with Crippen molar-refractivity contribution in [3.63, 3.8) is 0 Å². The van der Waals surface area contributed by atoms with Gasteiger partial charge in [-0.2, -0.15) is 0 Å². The highest BCUT2D eigenvalue weighted by molar-refractivity contribution is 5.99. The summed E-state index contributed by atoms with van der Waals surface area (Å²) in [5.41, 5.74) is 7.43. The number of likely N-dealkylation sites (tertiary alicyclic amines) is 1. The number of amides is 2. The van der Waals surface area contributed by atoms with Crippen molar-refractivity contribution < 1.29 is 19.1 Å². The molecule has 2 rings (SSSR count). The molecule has 7 nitrogen and oxygen atoms in total. The Morgan fingerprint density at radius 2 is 2.17 bits per heavy atom. The molecule has 1 aromatic carbocycles. The van der Waals surface area contributed by atoms with Crippen LogP contribution < -0.4 is 15.8 Å². The second kappa shape index (κ2) is 8.12. The normalized spacial score (nSPS) is 18.3. The maximum absolute atomic E-state index is 12.7. The smallest absolute Gasteiger partial charge is 0.247 e. The van der Waals surface area contributed by atoms with Crippen molar-refractivity contribution in [2.75, 3.05) is 32.7 Å². The molecule has 0 spiro atoms. The summed E-state index contributed by atoms with van der Waals surface area (Å²) in [5.74, 6) is 0.0981. The van der Waals surface area contributed by atoms with Crippen LogP contribution >= 0.6 is 0 Å². The van der Waals surface area contributed by atoms with E-state index in [9.17, 15) is 9.59 Å². The van der Waals surface area contributed by atoms with E-state index in [1.807, 2.05) is 19.1 Å². The third-order valence-corrected chi connectivity index (χ3v) is 4.11. The van der Waals surface area contributed by atoms with Gasteiger partial charge < -0.3 is 25.4 Å². The Kier molecular flexibility index (Phi) is 6.16. The van der Waals surface area contributed by atoms with Crippen LogP contribution in [0.25, 0.3) is 0 Å². The molecule has 1 saturated heterocycles. The van der Waals surface area contributed by atoms with Gasteiger partial charge in [0.2, 0.25) is 11.8 Å². The molecule has 1 aromatic rings. The van der Waals surface area contributed by atoms with Crippen molar-refractivity contribution in [2.24, 2.45) is 5.73 Å². The Bertz CT molecular complexity index is 605. The van der Waals surface area contributed by atoms with Crippen LogP contribution in [0, 0.1) is 6.92 Å². The molecule has 3 N–H and O–H groups in total. The van der Waals surface area contributed by atoms with Gasteiger partial charge in [-0.3, -0.25) is 9.59 Å². The number of rotatable bonds is 6. The maximum Gasteiger partial charge on any atom is 0.247 e. The van der Waals surface area contributed by atoms with E-state index in [-0.39, 0.29) is 18.4 Å². The molecule has 2 atom stereocenters. The zero-order chi connectivity index (χ0) is 17.7. The number of hydrogen-bond donors (Lipinski definition) is 2.